The van der Waals surface area contributed by atoms with E-state index in [9.17, 15) is 21.6 Å². The van der Waals surface area contributed by atoms with Gasteiger partial charge in [-0.2, -0.15) is 21.6 Å². The van der Waals surface area contributed by atoms with Crippen LogP contribution >= 0.6 is 0 Å². The van der Waals surface area contributed by atoms with Crippen molar-refractivity contribution in [3.8, 4) is 0 Å². The van der Waals surface area contributed by atoms with E-state index in [1.165, 1.54) is 0 Å². The van der Waals surface area contributed by atoms with Gasteiger partial charge in [-0.1, -0.05) is 47.8 Å². The summed E-state index contributed by atoms with van der Waals surface area (Å²) in [5.41, 5.74) is -4.38. The molecule has 0 radical (unpaired) electrons. The van der Waals surface area contributed by atoms with Gasteiger partial charge in [0, 0.05) is 12.5 Å². The second-order valence-electron chi connectivity index (χ2n) is 9.61. The lowest BCUT2D eigenvalue weighted by Crippen LogP contribution is -2.36. The van der Waals surface area contributed by atoms with Gasteiger partial charge in [0.25, 0.3) is 0 Å². The maximum Gasteiger partial charge on any atom is 0.534 e. The Morgan fingerprint density at radius 1 is 1.18 bits per heavy atom. The van der Waals surface area contributed by atoms with E-state index in [-0.39, 0.29) is 18.1 Å². The lowest BCUT2D eigenvalue weighted by molar-refractivity contribution is -0.0526. The van der Waals surface area contributed by atoms with Crippen LogP contribution in [-0.4, -0.2) is 41.1 Å². The maximum atomic E-state index is 12.5. The Kier molecular flexibility index (Phi) is 12.3. The molecule has 0 saturated carbocycles. The molecular formula is C24H43F3O5SSi. The Morgan fingerprint density at radius 3 is 2.29 bits per heavy atom. The Labute approximate surface area is 205 Å². The fourth-order valence-corrected chi connectivity index (χ4v) is 7.69. The summed E-state index contributed by atoms with van der Waals surface area (Å²) in [6.07, 6.45) is 4.88. The Balaban J connectivity index is 2.39. The summed E-state index contributed by atoms with van der Waals surface area (Å²) < 4.78 is 76.5. The van der Waals surface area contributed by atoms with Crippen molar-refractivity contribution in [1.82, 2.24) is 0 Å². The predicted molar refractivity (Wildman–Crippen MR) is 132 cm³/mol. The number of hydrogen-bond donors (Lipinski definition) is 0. The zero-order chi connectivity index (χ0) is 26.2. The van der Waals surface area contributed by atoms with Crippen LogP contribution in [-0.2, 0) is 23.5 Å². The van der Waals surface area contributed by atoms with E-state index < -0.39 is 35.6 Å². The van der Waals surface area contributed by atoms with E-state index in [0.717, 1.165) is 62.4 Å². The average molecular weight is 529 g/mol. The van der Waals surface area contributed by atoms with Crippen molar-refractivity contribution in [3.05, 3.63) is 24.5 Å². The Hall–Kier alpha value is -0.843. The molecule has 0 aromatic carbocycles. The molecule has 34 heavy (non-hydrogen) atoms. The van der Waals surface area contributed by atoms with Crippen LogP contribution in [0.2, 0.25) is 18.1 Å². The predicted octanol–water partition coefficient (Wildman–Crippen LogP) is 7.32. The SMILES string of the molecule is C=C1C[C@H](CCCO[Si](CC)(CC)CC)OC1CC[C@H](C)C[C@@H](C)C(=C)OS(=O)(=O)C(F)(F)F. The van der Waals surface area contributed by atoms with Gasteiger partial charge in [0.2, 0.25) is 0 Å². The summed E-state index contributed by atoms with van der Waals surface area (Å²) in [6, 6.07) is 3.44. The highest BCUT2D eigenvalue weighted by atomic mass is 32.2. The van der Waals surface area contributed by atoms with Gasteiger partial charge in [-0.3, -0.25) is 0 Å². The van der Waals surface area contributed by atoms with Gasteiger partial charge < -0.3 is 13.3 Å². The van der Waals surface area contributed by atoms with Crippen LogP contribution in [0.1, 0.15) is 73.1 Å². The van der Waals surface area contributed by atoms with E-state index in [0.29, 0.717) is 6.42 Å². The minimum absolute atomic E-state index is 0.0240. The highest BCUT2D eigenvalue weighted by molar-refractivity contribution is 7.87. The zero-order valence-electron chi connectivity index (χ0n) is 21.4. The Bertz CT molecular complexity index is 757. The number of halogens is 3. The average Bonchev–Trinajstić information content (AvgIpc) is 3.11. The molecule has 4 atom stereocenters. The van der Waals surface area contributed by atoms with E-state index >= 15 is 0 Å². The number of hydrogen-bond acceptors (Lipinski definition) is 5. The van der Waals surface area contributed by atoms with Crippen molar-refractivity contribution >= 4 is 18.4 Å². The fourth-order valence-electron chi connectivity index (χ4n) is 4.46. The molecule has 1 unspecified atom stereocenters. The van der Waals surface area contributed by atoms with Crippen molar-refractivity contribution in [2.24, 2.45) is 11.8 Å². The molecule has 0 N–H and O–H groups in total. The summed E-state index contributed by atoms with van der Waals surface area (Å²) in [5.74, 6) is -0.796. The van der Waals surface area contributed by atoms with Gasteiger partial charge in [0.05, 0.1) is 12.2 Å². The molecule has 0 aromatic rings. The van der Waals surface area contributed by atoms with Gasteiger partial charge in [-0.05, 0) is 68.1 Å². The smallest absolute Gasteiger partial charge is 0.417 e. The zero-order valence-corrected chi connectivity index (χ0v) is 23.2. The number of ether oxygens (including phenoxy) is 1. The molecule has 1 aliphatic rings. The van der Waals surface area contributed by atoms with Gasteiger partial charge in [0.1, 0.15) is 5.76 Å². The minimum atomic E-state index is -5.68. The van der Waals surface area contributed by atoms with Crippen molar-refractivity contribution in [2.45, 2.75) is 109 Å². The standard InChI is InChI=1S/C24H43F3O5SSi/c1-8-34(9-2,10-3)30-15-11-12-22-17-20(6)23(31-22)14-13-18(4)16-19(5)21(7)32-33(28,29)24(25,26)27/h18-19,22-23H,6-17H2,1-5H3/t18-,19+,22-,23?/m0/s1. The highest BCUT2D eigenvalue weighted by Gasteiger charge is 2.49. The first-order valence-corrected chi connectivity index (χ1v) is 16.3. The lowest BCUT2D eigenvalue weighted by Gasteiger charge is -2.28. The van der Waals surface area contributed by atoms with Crippen LogP contribution in [0.15, 0.2) is 24.5 Å². The first-order valence-electron chi connectivity index (χ1n) is 12.4. The second kappa shape index (κ2) is 13.5. The van der Waals surface area contributed by atoms with Crippen molar-refractivity contribution in [3.63, 3.8) is 0 Å². The van der Waals surface area contributed by atoms with Crippen LogP contribution in [0.3, 0.4) is 0 Å². The molecule has 5 nitrogen and oxygen atoms in total. The normalized spacial score (nSPS) is 21.5. The third-order valence-corrected chi connectivity index (χ3v) is 12.7. The maximum absolute atomic E-state index is 12.5. The van der Waals surface area contributed by atoms with Crippen LogP contribution in [0, 0.1) is 11.8 Å². The quantitative estimate of drug-likeness (QED) is 0.0524. The molecule has 0 aliphatic carbocycles. The first-order chi connectivity index (χ1) is 15.7. The third-order valence-electron chi connectivity index (χ3n) is 7.04. The number of rotatable bonds is 16. The van der Waals surface area contributed by atoms with E-state index in [1.807, 2.05) is 6.92 Å². The summed E-state index contributed by atoms with van der Waals surface area (Å²) in [7, 11) is -7.23. The summed E-state index contributed by atoms with van der Waals surface area (Å²) in [6.45, 7) is 18.6. The molecule has 0 amide bonds. The third kappa shape index (κ3) is 9.31. The van der Waals surface area contributed by atoms with Crippen LogP contribution in [0.4, 0.5) is 13.2 Å². The molecular weight excluding hydrogens is 485 g/mol. The molecule has 1 saturated heterocycles. The summed E-state index contributed by atoms with van der Waals surface area (Å²) in [5, 5.41) is 0. The fraction of sp³-hybridized carbons (Fsp3) is 0.833. The molecule has 0 aromatic heterocycles. The highest BCUT2D eigenvalue weighted by Crippen LogP contribution is 2.34. The van der Waals surface area contributed by atoms with E-state index in [1.54, 1.807) is 6.92 Å². The van der Waals surface area contributed by atoms with Gasteiger partial charge in [-0.25, -0.2) is 0 Å². The minimum Gasteiger partial charge on any atom is -0.417 e. The molecule has 1 rings (SSSR count). The molecule has 1 aliphatic heterocycles. The summed E-state index contributed by atoms with van der Waals surface area (Å²) >= 11 is 0. The molecule has 1 fully saturated rings. The van der Waals surface area contributed by atoms with Gasteiger partial charge in [0.15, 0.2) is 8.32 Å². The van der Waals surface area contributed by atoms with Gasteiger partial charge in [-0.15, -0.1) is 0 Å². The molecule has 0 spiro atoms. The monoisotopic (exact) mass is 528 g/mol. The number of alkyl halides is 3. The Morgan fingerprint density at radius 2 is 1.76 bits per heavy atom. The van der Waals surface area contributed by atoms with Gasteiger partial charge >= 0.3 is 15.6 Å². The van der Waals surface area contributed by atoms with Crippen LogP contribution in [0.5, 0.6) is 0 Å². The summed E-state index contributed by atoms with van der Waals surface area (Å²) in [4.78, 5) is 0. The van der Waals surface area contributed by atoms with E-state index in [2.05, 4.69) is 38.1 Å². The largest absolute Gasteiger partial charge is 0.534 e. The molecule has 10 heteroatoms. The molecule has 1 heterocycles. The topological polar surface area (TPSA) is 61.8 Å². The number of allylic oxidation sites excluding steroid dienone is 1. The van der Waals surface area contributed by atoms with Crippen LogP contribution in [0.25, 0.3) is 0 Å². The lowest BCUT2D eigenvalue weighted by atomic mass is 9.91. The molecule has 200 valence electrons. The first kappa shape index (κ1) is 31.2. The second-order valence-corrected chi connectivity index (χ2v) is 15.9. The van der Waals surface area contributed by atoms with Crippen molar-refractivity contribution in [1.29, 1.82) is 0 Å². The molecule has 0 bridgehead atoms. The van der Waals surface area contributed by atoms with Crippen LogP contribution < -0.4 is 0 Å². The van der Waals surface area contributed by atoms with E-state index in [4.69, 9.17) is 9.16 Å². The van der Waals surface area contributed by atoms with Crippen molar-refractivity contribution < 1.29 is 34.9 Å². The van der Waals surface area contributed by atoms with Crippen molar-refractivity contribution in [2.75, 3.05) is 6.61 Å².